The molecule has 3 rings (SSSR count). The number of aryl methyl sites for hydroxylation is 1. The van der Waals surface area contributed by atoms with Crippen LogP contribution < -0.4 is 9.47 Å². The molecule has 2 aromatic rings. The number of aromatic amines is 1. The molecular formula is C14H14N2O4. The first-order valence-electron chi connectivity index (χ1n) is 6.17. The van der Waals surface area contributed by atoms with E-state index in [9.17, 15) is 4.79 Å². The third-order valence-corrected chi connectivity index (χ3v) is 3.09. The van der Waals surface area contributed by atoms with Crippen molar-refractivity contribution in [1.29, 1.82) is 0 Å². The third-order valence-electron chi connectivity index (χ3n) is 3.09. The topological polar surface area (TPSA) is 84.4 Å². The van der Waals surface area contributed by atoms with E-state index in [2.05, 4.69) is 10.2 Å². The predicted octanol–water partition coefficient (Wildman–Crippen LogP) is 2.59. The van der Waals surface area contributed by atoms with Crippen LogP contribution in [0.5, 0.6) is 11.5 Å². The fourth-order valence-corrected chi connectivity index (χ4v) is 2.22. The molecule has 0 atom stereocenters. The van der Waals surface area contributed by atoms with Crippen molar-refractivity contribution in [1.82, 2.24) is 10.2 Å². The van der Waals surface area contributed by atoms with Gasteiger partial charge in [-0.25, -0.2) is 4.79 Å². The standard InChI is InChI=1S/C14H14N2O4/c1-7-4-11-12(20-14(2,3)19-11)5-8(7)9-6-10(13(17)18)16-15-9/h4-6H,1-3H3,(H,15,16)(H,17,18). The van der Waals surface area contributed by atoms with Gasteiger partial charge in [0.1, 0.15) is 5.69 Å². The van der Waals surface area contributed by atoms with E-state index < -0.39 is 11.8 Å². The molecule has 0 saturated carbocycles. The second-order valence-electron chi connectivity index (χ2n) is 5.19. The number of nitrogens with zero attached hydrogens (tertiary/aromatic N) is 1. The van der Waals surface area contributed by atoms with Gasteiger partial charge in [-0.15, -0.1) is 0 Å². The summed E-state index contributed by atoms with van der Waals surface area (Å²) in [5, 5.41) is 15.4. The summed E-state index contributed by atoms with van der Waals surface area (Å²) < 4.78 is 11.4. The number of hydrogen-bond donors (Lipinski definition) is 2. The van der Waals surface area contributed by atoms with Gasteiger partial charge >= 0.3 is 5.97 Å². The molecular weight excluding hydrogens is 260 g/mol. The summed E-state index contributed by atoms with van der Waals surface area (Å²) in [5.41, 5.74) is 2.37. The van der Waals surface area contributed by atoms with E-state index in [-0.39, 0.29) is 5.69 Å². The van der Waals surface area contributed by atoms with Crippen LogP contribution in [0.15, 0.2) is 18.2 Å². The van der Waals surface area contributed by atoms with Gasteiger partial charge in [-0.1, -0.05) is 0 Å². The highest BCUT2D eigenvalue weighted by Gasteiger charge is 2.32. The second kappa shape index (κ2) is 4.00. The van der Waals surface area contributed by atoms with Crippen LogP contribution in [-0.2, 0) is 0 Å². The lowest BCUT2D eigenvalue weighted by molar-refractivity contribution is -0.0431. The third kappa shape index (κ3) is 1.99. The monoisotopic (exact) mass is 274 g/mol. The number of aromatic carboxylic acids is 1. The number of fused-ring (bicyclic) bond motifs is 1. The molecule has 0 bridgehead atoms. The van der Waals surface area contributed by atoms with Gasteiger partial charge in [-0.3, -0.25) is 5.10 Å². The highest BCUT2D eigenvalue weighted by Crippen LogP contribution is 2.42. The van der Waals surface area contributed by atoms with Crippen molar-refractivity contribution >= 4 is 5.97 Å². The molecule has 20 heavy (non-hydrogen) atoms. The first kappa shape index (κ1) is 12.5. The average Bonchev–Trinajstić information content (AvgIpc) is 2.90. The lowest BCUT2D eigenvalue weighted by atomic mass is 10.0. The first-order valence-corrected chi connectivity index (χ1v) is 6.17. The van der Waals surface area contributed by atoms with E-state index >= 15 is 0 Å². The Labute approximate surface area is 115 Å². The maximum atomic E-state index is 10.9. The highest BCUT2D eigenvalue weighted by atomic mass is 16.7. The van der Waals surface area contributed by atoms with Crippen LogP contribution in [0.1, 0.15) is 29.9 Å². The van der Waals surface area contributed by atoms with Crippen LogP contribution in [-0.4, -0.2) is 27.1 Å². The summed E-state index contributed by atoms with van der Waals surface area (Å²) in [6, 6.07) is 5.19. The molecule has 0 fully saturated rings. The van der Waals surface area contributed by atoms with Crippen molar-refractivity contribution in [2.75, 3.05) is 0 Å². The van der Waals surface area contributed by atoms with E-state index in [1.807, 2.05) is 32.9 Å². The van der Waals surface area contributed by atoms with E-state index in [0.717, 1.165) is 11.1 Å². The number of benzene rings is 1. The Morgan fingerprint density at radius 2 is 1.90 bits per heavy atom. The molecule has 0 unspecified atom stereocenters. The number of carbonyl (C=O) groups is 1. The molecule has 1 aliphatic heterocycles. The lowest BCUT2D eigenvalue weighted by Crippen LogP contribution is -2.29. The maximum absolute atomic E-state index is 10.9. The SMILES string of the molecule is Cc1cc2c(cc1-c1cc(C(=O)O)[nH]n1)OC(C)(C)O2. The number of nitrogens with one attached hydrogen (secondary N) is 1. The summed E-state index contributed by atoms with van der Waals surface area (Å²) in [6.07, 6.45) is 0. The largest absolute Gasteiger partial charge is 0.477 e. The zero-order chi connectivity index (χ0) is 14.5. The Kier molecular flexibility index (Phi) is 2.50. The predicted molar refractivity (Wildman–Crippen MR) is 71.1 cm³/mol. The molecule has 104 valence electrons. The van der Waals surface area contributed by atoms with Crippen molar-refractivity contribution in [2.24, 2.45) is 0 Å². The number of carboxylic acid groups (broad SMARTS) is 1. The van der Waals surface area contributed by atoms with Crippen LogP contribution >= 0.6 is 0 Å². The molecule has 2 N–H and O–H groups in total. The molecule has 0 spiro atoms. The number of rotatable bonds is 2. The highest BCUT2D eigenvalue weighted by molar-refractivity contribution is 5.87. The molecule has 6 heteroatoms. The molecule has 1 aliphatic rings. The van der Waals surface area contributed by atoms with Crippen LogP contribution in [0.2, 0.25) is 0 Å². The summed E-state index contributed by atoms with van der Waals surface area (Å²) in [7, 11) is 0. The Morgan fingerprint density at radius 3 is 2.50 bits per heavy atom. The zero-order valence-corrected chi connectivity index (χ0v) is 11.4. The minimum absolute atomic E-state index is 0.0531. The number of ether oxygens (including phenoxy) is 2. The molecule has 2 heterocycles. The van der Waals surface area contributed by atoms with Crippen molar-refractivity contribution in [2.45, 2.75) is 26.6 Å². The van der Waals surface area contributed by atoms with Gasteiger partial charge in [-0.2, -0.15) is 5.10 Å². The molecule has 1 aromatic carbocycles. The van der Waals surface area contributed by atoms with Crippen LogP contribution in [0.3, 0.4) is 0 Å². The minimum Gasteiger partial charge on any atom is -0.477 e. The minimum atomic E-state index is -1.04. The Hall–Kier alpha value is -2.50. The molecule has 0 saturated heterocycles. The van der Waals surface area contributed by atoms with Gasteiger partial charge in [0.25, 0.3) is 0 Å². The van der Waals surface area contributed by atoms with Crippen molar-refractivity contribution in [3.05, 3.63) is 29.5 Å². The fourth-order valence-electron chi connectivity index (χ4n) is 2.22. The second-order valence-corrected chi connectivity index (χ2v) is 5.19. The first-order chi connectivity index (χ1) is 9.35. The fraction of sp³-hybridized carbons (Fsp3) is 0.286. The van der Waals surface area contributed by atoms with Gasteiger partial charge < -0.3 is 14.6 Å². The van der Waals surface area contributed by atoms with Crippen molar-refractivity contribution in [3.8, 4) is 22.8 Å². The number of H-pyrrole nitrogens is 1. The summed E-state index contributed by atoms with van der Waals surface area (Å²) in [4.78, 5) is 10.9. The van der Waals surface area contributed by atoms with Gasteiger partial charge in [0.05, 0.1) is 5.69 Å². The smallest absolute Gasteiger partial charge is 0.353 e. The summed E-state index contributed by atoms with van der Waals surface area (Å²) in [6.45, 7) is 5.58. The Bertz CT molecular complexity index is 703. The van der Waals surface area contributed by atoms with Gasteiger partial charge in [0.2, 0.25) is 5.79 Å². The van der Waals surface area contributed by atoms with Gasteiger partial charge in [0.15, 0.2) is 11.5 Å². The molecule has 0 aliphatic carbocycles. The Morgan fingerprint density at radius 1 is 1.25 bits per heavy atom. The van der Waals surface area contributed by atoms with Crippen molar-refractivity contribution in [3.63, 3.8) is 0 Å². The van der Waals surface area contributed by atoms with Crippen LogP contribution in [0.25, 0.3) is 11.3 Å². The lowest BCUT2D eigenvalue weighted by Gasteiger charge is -2.16. The number of carboxylic acids is 1. The van der Waals surface area contributed by atoms with Gasteiger partial charge in [0, 0.05) is 19.4 Å². The normalized spacial score (nSPS) is 15.3. The van der Waals surface area contributed by atoms with Crippen LogP contribution in [0.4, 0.5) is 0 Å². The average molecular weight is 274 g/mol. The van der Waals surface area contributed by atoms with Gasteiger partial charge in [-0.05, 0) is 30.7 Å². The molecule has 0 radical (unpaired) electrons. The van der Waals surface area contributed by atoms with E-state index in [1.165, 1.54) is 6.07 Å². The summed E-state index contributed by atoms with van der Waals surface area (Å²) in [5.74, 6) is -0.408. The van der Waals surface area contributed by atoms with E-state index in [4.69, 9.17) is 14.6 Å². The number of hydrogen-bond acceptors (Lipinski definition) is 4. The Balaban J connectivity index is 2.05. The molecule has 6 nitrogen and oxygen atoms in total. The van der Waals surface area contributed by atoms with Crippen molar-refractivity contribution < 1.29 is 19.4 Å². The molecule has 0 amide bonds. The molecule has 1 aromatic heterocycles. The van der Waals surface area contributed by atoms with E-state index in [0.29, 0.717) is 17.2 Å². The maximum Gasteiger partial charge on any atom is 0.353 e. The summed E-state index contributed by atoms with van der Waals surface area (Å²) >= 11 is 0. The quantitative estimate of drug-likeness (QED) is 0.879. The van der Waals surface area contributed by atoms with Crippen LogP contribution in [0, 0.1) is 6.92 Å². The zero-order valence-electron chi connectivity index (χ0n) is 11.4. The number of aromatic nitrogens is 2. The van der Waals surface area contributed by atoms with E-state index in [1.54, 1.807) is 0 Å².